The number of carbonyl (C=O) groups excluding carboxylic acids is 1. The van der Waals surface area contributed by atoms with E-state index in [2.05, 4.69) is 33.4 Å². The van der Waals surface area contributed by atoms with E-state index in [0.29, 0.717) is 22.3 Å². The first-order valence-corrected chi connectivity index (χ1v) is 10.6. The van der Waals surface area contributed by atoms with E-state index in [4.69, 9.17) is 9.47 Å². The van der Waals surface area contributed by atoms with E-state index in [-0.39, 0.29) is 18.7 Å². The Bertz CT molecular complexity index is 1040. The summed E-state index contributed by atoms with van der Waals surface area (Å²) in [6, 6.07) is 9.24. The van der Waals surface area contributed by atoms with Crippen LogP contribution in [0.4, 0.5) is 0 Å². The van der Waals surface area contributed by atoms with Crippen molar-refractivity contribution in [2.75, 3.05) is 13.7 Å². The third-order valence-electron chi connectivity index (χ3n) is 4.50. The molecule has 1 amide bonds. The molecule has 2 aromatic rings. The number of methoxy groups -OCH3 is 1. The molecule has 8 nitrogen and oxygen atoms in total. The zero-order valence-corrected chi connectivity index (χ0v) is 19.4. The maximum atomic E-state index is 12.7. The Balaban J connectivity index is 2.05. The average molecular weight is 489 g/mol. The molecule has 1 aromatic heterocycles. The van der Waals surface area contributed by atoms with Crippen molar-refractivity contribution in [3.05, 3.63) is 61.5 Å². The van der Waals surface area contributed by atoms with Crippen LogP contribution in [0.25, 0.3) is 0 Å². The van der Waals surface area contributed by atoms with Gasteiger partial charge in [-0.3, -0.25) is 9.59 Å². The maximum absolute atomic E-state index is 12.7. The predicted octanol–water partition coefficient (Wildman–Crippen LogP) is 3.27. The number of nitriles is 1. The van der Waals surface area contributed by atoms with Gasteiger partial charge in [0.05, 0.1) is 19.4 Å². The summed E-state index contributed by atoms with van der Waals surface area (Å²) < 4.78 is 12.5. The molecule has 0 bridgehead atoms. The zero-order valence-electron chi connectivity index (χ0n) is 17.8. The number of pyridine rings is 1. The van der Waals surface area contributed by atoms with Gasteiger partial charge in [0.2, 0.25) is 0 Å². The number of hydrogen-bond acceptors (Lipinski definition) is 6. The van der Waals surface area contributed by atoms with Gasteiger partial charge in [-0.15, -0.1) is 0 Å². The molecule has 0 saturated heterocycles. The third kappa shape index (κ3) is 6.51. The van der Waals surface area contributed by atoms with Gasteiger partial charge < -0.3 is 14.0 Å². The molecule has 0 atom stereocenters. The Morgan fingerprint density at radius 1 is 1.35 bits per heavy atom. The zero-order chi connectivity index (χ0) is 22.8. The van der Waals surface area contributed by atoms with Crippen molar-refractivity contribution in [2.45, 2.75) is 39.8 Å². The summed E-state index contributed by atoms with van der Waals surface area (Å²) in [5.41, 5.74) is 3.57. The minimum atomic E-state index is -0.548. The molecule has 164 valence electrons. The Kier molecular flexibility index (Phi) is 9.43. The van der Waals surface area contributed by atoms with Crippen LogP contribution in [0.3, 0.4) is 0 Å². The molecule has 2 rings (SSSR count). The van der Waals surface area contributed by atoms with Gasteiger partial charge >= 0.3 is 0 Å². The minimum Gasteiger partial charge on any atom is -0.494 e. The van der Waals surface area contributed by atoms with Crippen molar-refractivity contribution in [3.63, 3.8) is 0 Å². The largest absolute Gasteiger partial charge is 0.494 e. The van der Waals surface area contributed by atoms with Crippen LogP contribution < -0.4 is 15.7 Å². The molecule has 0 aliphatic heterocycles. The van der Waals surface area contributed by atoms with Gasteiger partial charge in [-0.2, -0.15) is 10.4 Å². The number of aromatic nitrogens is 1. The molecule has 0 aliphatic carbocycles. The van der Waals surface area contributed by atoms with E-state index in [0.717, 1.165) is 24.2 Å². The van der Waals surface area contributed by atoms with Gasteiger partial charge in [0.25, 0.3) is 11.5 Å². The van der Waals surface area contributed by atoms with Gasteiger partial charge in [0, 0.05) is 22.8 Å². The Morgan fingerprint density at radius 3 is 2.68 bits per heavy atom. The SMILES string of the molecule is CCCCOc1ccc(/C=N\NC(=O)Cn2c(C)c(Br)c(COC)c(C#N)c2=O)cc1. The molecule has 1 heterocycles. The normalized spacial score (nSPS) is 10.8. The van der Waals surface area contributed by atoms with E-state index >= 15 is 0 Å². The number of hydrazone groups is 1. The van der Waals surface area contributed by atoms with E-state index in [9.17, 15) is 14.9 Å². The predicted molar refractivity (Wildman–Crippen MR) is 121 cm³/mol. The lowest BCUT2D eigenvalue weighted by Gasteiger charge is -2.15. The van der Waals surface area contributed by atoms with Crippen LogP contribution in [0, 0.1) is 18.3 Å². The lowest BCUT2D eigenvalue weighted by molar-refractivity contribution is -0.121. The number of rotatable bonds is 10. The molecule has 1 N–H and O–H groups in total. The maximum Gasteiger partial charge on any atom is 0.269 e. The number of nitrogens with zero attached hydrogens (tertiary/aromatic N) is 3. The first-order chi connectivity index (χ1) is 14.9. The minimum absolute atomic E-state index is 0.0585. The Hall–Kier alpha value is -2.96. The molecule has 0 radical (unpaired) electrons. The van der Waals surface area contributed by atoms with Crippen molar-refractivity contribution in [1.82, 2.24) is 9.99 Å². The van der Waals surface area contributed by atoms with Gasteiger partial charge in [0.15, 0.2) is 0 Å². The molecule has 31 heavy (non-hydrogen) atoms. The molecule has 9 heteroatoms. The Labute approximate surface area is 189 Å². The second-order valence-electron chi connectivity index (χ2n) is 6.75. The van der Waals surface area contributed by atoms with E-state index < -0.39 is 11.5 Å². The van der Waals surface area contributed by atoms with Gasteiger partial charge in [-0.1, -0.05) is 13.3 Å². The van der Waals surface area contributed by atoms with E-state index in [1.807, 2.05) is 30.3 Å². The topological polar surface area (TPSA) is 106 Å². The number of nitrogens with one attached hydrogen (secondary N) is 1. The number of benzene rings is 1. The first-order valence-electron chi connectivity index (χ1n) is 9.78. The highest BCUT2D eigenvalue weighted by molar-refractivity contribution is 9.10. The second-order valence-corrected chi connectivity index (χ2v) is 7.55. The lowest BCUT2D eigenvalue weighted by Crippen LogP contribution is -2.33. The molecule has 1 aromatic carbocycles. The van der Waals surface area contributed by atoms with Crippen molar-refractivity contribution in [1.29, 1.82) is 5.26 Å². The van der Waals surface area contributed by atoms with Crippen LogP contribution in [0.2, 0.25) is 0 Å². The first kappa shape index (κ1) is 24.3. The lowest BCUT2D eigenvalue weighted by atomic mass is 10.1. The van der Waals surface area contributed by atoms with Crippen LogP contribution in [-0.2, 0) is 22.7 Å². The highest BCUT2D eigenvalue weighted by Crippen LogP contribution is 2.23. The molecular formula is C22H25BrN4O4. The van der Waals surface area contributed by atoms with Crippen LogP contribution in [0.5, 0.6) is 5.75 Å². The number of unbranched alkanes of at least 4 members (excludes halogenated alkanes) is 1. The summed E-state index contributed by atoms with van der Waals surface area (Å²) in [5.74, 6) is 0.288. The fraction of sp³-hybridized carbons (Fsp3) is 0.364. The second kappa shape index (κ2) is 12.0. The highest BCUT2D eigenvalue weighted by atomic mass is 79.9. The number of hydrogen-bond donors (Lipinski definition) is 1. The summed E-state index contributed by atoms with van der Waals surface area (Å²) in [7, 11) is 1.48. The van der Waals surface area contributed by atoms with E-state index in [1.165, 1.54) is 17.9 Å². The highest BCUT2D eigenvalue weighted by Gasteiger charge is 2.19. The van der Waals surface area contributed by atoms with Gasteiger partial charge in [-0.05, 0) is 59.1 Å². The number of ether oxygens (including phenoxy) is 2. The van der Waals surface area contributed by atoms with Crippen molar-refractivity contribution < 1.29 is 14.3 Å². The fourth-order valence-electron chi connectivity index (χ4n) is 2.79. The number of carbonyl (C=O) groups is 1. The third-order valence-corrected chi connectivity index (χ3v) is 5.55. The number of halogens is 1. The van der Waals surface area contributed by atoms with Gasteiger partial charge in [-0.25, -0.2) is 5.43 Å². The van der Waals surface area contributed by atoms with E-state index in [1.54, 1.807) is 6.92 Å². The fourth-order valence-corrected chi connectivity index (χ4v) is 3.32. The average Bonchev–Trinajstić information content (AvgIpc) is 2.76. The quantitative estimate of drug-likeness (QED) is 0.313. The van der Waals surface area contributed by atoms with Crippen LogP contribution in [-0.4, -0.2) is 30.4 Å². The summed E-state index contributed by atoms with van der Waals surface area (Å²) in [6.45, 7) is 4.31. The standard InChI is InChI=1S/C22H25BrN4O4/c1-4-5-10-31-17-8-6-16(7-9-17)12-25-26-20(28)13-27-15(2)21(23)19(14-30-3)18(11-24)22(27)29/h6-9,12H,4-5,10,13-14H2,1-3H3,(H,26,28)/b25-12-. The summed E-state index contributed by atoms with van der Waals surface area (Å²) in [6.07, 6.45) is 3.57. The number of amides is 1. The van der Waals surface area contributed by atoms with Crippen molar-refractivity contribution in [2.24, 2.45) is 5.10 Å². The molecule has 0 aliphatic rings. The van der Waals surface area contributed by atoms with Crippen molar-refractivity contribution >= 4 is 28.1 Å². The molecule has 0 saturated carbocycles. The summed E-state index contributed by atoms with van der Waals surface area (Å²) >= 11 is 3.39. The summed E-state index contributed by atoms with van der Waals surface area (Å²) in [5, 5.41) is 13.3. The molecular weight excluding hydrogens is 464 g/mol. The summed E-state index contributed by atoms with van der Waals surface area (Å²) in [4.78, 5) is 25.0. The smallest absolute Gasteiger partial charge is 0.269 e. The molecule has 0 fully saturated rings. The molecule has 0 unspecified atom stereocenters. The van der Waals surface area contributed by atoms with Gasteiger partial charge in [0.1, 0.15) is 23.9 Å². The van der Waals surface area contributed by atoms with Crippen LogP contribution >= 0.6 is 15.9 Å². The van der Waals surface area contributed by atoms with Crippen LogP contribution in [0.15, 0.2) is 38.6 Å². The molecule has 0 spiro atoms. The van der Waals surface area contributed by atoms with Crippen LogP contribution in [0.1, 0.15) is 42.1 Å². The van der Waals surface area contributed by atoms with Crippen molar-refractivity contribution in [3.8, 4) is 11.8 Å². The monoisotopic (exact) mass is 488 g/mol. The Morgan fingerprint density at radius 2 is 2.06 bits per heavy atom.